The maximum absolute atomic E-state index is 12.6. The van der Waals surface area contributed by atoms with Crippen LogP contribution in [0.1, 0.15) is 38.2 Å². The molecule has 0 bridgehead atoms. The van der Waals surface area contributed by atoms with E-state index in [9.17, 15) is 4.79 Å². The summed E-state index contributed by atoms with van der Waals surface area (Å²) in [4.78, 5) is 26.2. The van der Waals surface area contributed by atoms with Crippen LogP contribution in [-0.4, -0.2) is 72.9 Å². The number of piperidine rings is 1. The minimum Gasteiger partial charge on any atom is -0.461 e. The molecule has 1 spiro atoms. The highest BCUT2D eigenvalue weighted by atomic mass is 16.6. The average Bonchev–Trinajstić information content (AvgIpc) is 2.99. The molecular weight excluding hydrogens is 344 g/mol. The molecule has 0 radical (unpaired) electrons. The van der Waals surface area contributed by atoms with Crippen molar-refractivity contribution in [2.24, 2.45) is 5.41 Å². The Balaban J connectivity index is 1.32. The smallest absolute Gasteiger partial charge is 0.312 e. The summed E-state index contributed by atoms with van der Waals surface area (Å²) in [5.74, 6) is 0.778. The van der Waals surface area contributed by atoms with E-state index < -0.39 is 0 Å². The number of morpholine rings is 1. The van der Waals surface area contributed by atoms with Crippen LogP contribution >= 0.6 is 0 Å². The summed E-state index contributed by atoms with van der Waals surface area (Å²) in [5, 5.41) is 0. The molecule has 1 aromatic heterocycles. The Hall–Kier alpha value is -1.73. The summed E-state index contributed by atoms with van der Waals surface area (Å²) < 4.78 is 11.2. The van der Waals surface area contributed by atoms with Crippen molar-refractivity contribution >= 4 is 11.9 Å². The number of hydrogen-bond donors (Lipinski definition) is 0. The molecule has 3 fully saturated rings. The van der Waals surface area contributed by atoms with Crippen LogP contribution < -0.4 is 4.90 Å². The normalized spacial score (nSPS) is 25.7. The molecule has 7 heteroatoms. The predicted octanol–water partition coefficient (Wildman–Crippen LogP) is 1.66. The van der Waals surface area contributed by atoms with E-state index in [1.165, 1.54) is 5.56 Å². The third kappa shape index (κ3) is 4.09. The van der Waals surface area contributed by atoms with Gasteiger partial charge in [0.15, 0.2) is 0 Å². The summed E-state index contributed by atoms with van der Waals surface area (Å²) in [5.41, 5.74) is 0.871. The van der Waals surface area contributed by atoms with Gasteiger partial charge < -0.3 is 14.4 Å². The van der Waals surface area contributed by atoms with E-state index >= 15 is 0 Å². The number of rotatable bonds is 5. The number of cyclic esters (lactones) is 1. The van der Waals surface area contributed by atoms with E-state index in [1.54, 1.807) is 0 Å². The van der Waals surface area contributed by atoms with Crippen LogP contribution in [0.3, 0.4) is 0 Å². The van der Waals surface area contributed by atoms with Crippen molar-refractivity contribution in [3.8, 4) is 0 Å². The van der Waals surface area contributed by atoms with Gasteiger partial charge in [0.1, 0.15) is 6.10 Å². The Bertz CT molecular complexity index is 637. The van der Waals surface area contributed by atoms with Gasteiger partial charge in [-0.2, -0.15) is 0 Å². The van der Waals surface area contributed by atoms with Gasteiger partial charge in [0.2, 0.25) is 5.95 Å². The molecule has 4 heterocycles. The van der Waals surface area contributed by atoms with Crippen molar-refractivity contribution in [1.82, 2.24) is 14.9 Å². The summed E-state index contributed by atoms with van der Waals surface area (Å²) in [7, 11) is 0. The van der Waals surface area contributed by atoms with Gasteiger partial charge >= 0.3 is 5.97 Å². The number of ether oxygens (including phenoxy) is 2. The quantitative estimate of drug-likeness (QED) is 0.726. The zero-order valence-corrected chi connectivity index (χ0v) is 16.2. The number of esters is 1. The Morgan fingerprint density at radius 1 is 1.15 bits per heavy atom. The van der Waals surface area contributed by atoms with Crippen molar-refractivity contribution in [1.29, 1.82) is 0 Å². The highest BCUT2D eigenvalue weighted by Crippen LogP contribution is 2.43. The number of carbonyl (C=O) groups is 1. The number of hydrogen-bond acceptors (Lipinski definition) is 7. The highest BCUT2D eigenvalue weighted by Gasteiger charge is 2.50. The van der Waals surface area contributed by atoms with Crippen molar-refractivity contribution in [2.45, 2.75) is 45.1 Å². The topological polar surface area (TPSA) is 67.8 Å². The zero-order valence-electron chi connectivity index (χ0n) is 16.2. The van der Waals surface area contributed by atoms with Gasteiger partial charge in [0.25, 0.3) is 0 Å². The molecule has 4 rings (SSSR count). The molecular formula is C20H30N4O3. The number of aryl methyl sites for hydroxylation is 1. The summed E-state index contributed by atoms with van der Waals surface area (Å²) >= 11 is 0. The lowest BCUT2D eigenvalue weighted by Crippen LogP contribution is -2.43. The molecule has 0 amide bonds. The van der Waals surface area contributed by atoms with E-state index in [4.69, 9.17) is 9.47 Å². The first-order valence-electron chi connectivity index (χ1n) is 10.3. The Kier molecular flexibility index (Phi) is 5.59. The van der Waals surface area contributed by atoms with E-state index in [-0.39, 0.29) is 17.5 Å². The predicted molar refractivity (Wildman–Crippen MR) is 102 cm³/mol. The van der Waals surface area contributed by atoms with Gasteiger partial charge in [0, 0.05) is 51.5 Å². The van der Waals surface area contributed by atoms with Crippen LogP contribution in [0.4, 0.5) is 5.95 Å². The van der Waals surface area contributed by atoms with Crippen LogP contribution in [0.25, 0.3) is 0 Å². The summed E-state index contributed by atoms with van der Waals surface area (Å²) in [6.07, 6.45) is 8.48. The first-order valence-corrected chi connectivity index (χ1v) is 10.3. The van der Waals surface area contributed by atoms with Gasteiger partial charge in [-0.15, -0.1) is 0 Å². The number of carbonyl (C=O) groups excluding carboxylic acids is 1. The molecule has 1 unspecified atom stereocenters. The van der Waals surface area contributed by atoms with Crippen molar-refractivity contribution in [2.75, 3.05) is 50.8 Å². The fourth-order valence-corrected chi connectivity index (χ4v) is 4.48. The molecule has 27 heavy (non-hydrogen) atoms. The lowest BCUT2D eigenvalue weighted by Gasteiger charge is -2.36. The van der Waals surface area contributed by atoms with Gasteiger partial charge in [-0.3, -0.25) is 9.69 Å². The molecule has 148 valence electrons. The zero-order chi connectivity index (χ0) is 18.7. The molecule has 7 nitrogen and oxygen atoms in total. The molecule has 3 aliphatic rings. The molecule has 0 N–H and O–H groups in total. The molecule has 3 aliphatic heterocycles. The fraction of sp³-hybridized carbons (Fsp3) is 0.750. The molecule has 3 saturated heterocycles. The van der Waals surface area contributed by atoms with Crippen molar-refractivity contribution in [3.05, 3.63) is 18.0 Å². The molecule has 0 saturated carbocycles. The van der Waals surface area contributed by atoms with Gasteiger partial charge in [0.05, 0.1) is 18.6 Å². The number of nitrogens with zero attached hydrogens (tertiary/aromatic N) is 4. The van der Waals surface area contributed by atoms with Crippen LogP contribution in [-0.2, 0) is 20.7 Å². The molecule has 0 aromatic carbocycles. The Morgan fingerprint density at radius 2 is 1.85 bits per heavy atom. The fourth-order valence-electron chi connectivity index (χ4n) is 4.48. The third-order valence-corrected chi connectivity index (χ3v) is 6.12. The van der Waals surface area contributed by atoms with Crippen LogP contribution in [0.5, 0.6) is 0 Å². The Labute approximate surface area is 161 Å². The maximum atomic E-state index is 12.6. The maximum Gasteiger partial charge on any atom is 0.312 e. The van der Waals surface area contributed by atoms with Crippen LogP contribution in [0.15, 0.2) is 12.4 Å². The second-order valence-corrected chi connectivity index (χ2v) is 8.05. The van der Waals surface area contributed by atoms with E-state index in [2.05, 4.69) is 26.7 Å². The lowest BCUT2D eigenvalue weighted by molar-refractivity contribution is -0.150. The highest BCUT2D eigenvalue weighted by molar-refractivity contribution is 5.79. The lowest BCUT2D eigenvalue weighted by atomic mass is 9.76. The minimum absolute atomic E-state index is 0.000350. The van der Waals surface area contributed by atoms with Gasteiger partial charge in [-0.05, 0) is 24.8 Å². The standard InChI is InChI=1S/C20H30N4O3/c1-2-3-16-13-21-19(22-14-16)24-6-4-20(5-7-24)12-17(27-18(20)25)15-23-8-10-26-11-9-23/h13-14,17H,2-12,15H2,1H3. The average molecular weight is 374 g/mol. The van der Waals surface area contributed by atoms with E-state index in [0.717, 1.165) is 84.0 Å². The number of aromatic nitrogens is 2. The Morgan fingerprint density at radius 3 is 2.52 bits per heavy atom. The SMILES string of the molecule is CCCc1cnc(N2CCC3(CC2)CC(CN2CCOCC2)OC3=O)nc1. The van der Waals surface area contributed by atoms with Gasteiger partial charge in [-0.25, -0.2) is 9.97 Å². The van der Waals surface area contributed by atoms with Gasteiger partial charge in [-0.1, -0.05) is 13.3 Å². The monoisotopic (exact) mass is 374 g/mol. The molecule has 1 atom stereocenters. The van der Waals surface area contributed by atoms with Crippen LogP contribution in [0.2, 0.25) is 0 Å². The molecule has 0 aliphatic carbocycles. The first kappa shape index (κ1) is 18.6. The largest absolute Gasteiger partial charge is 0.461 e. The third-order valence-electron chi connectivity index (χ3n) is 6.12. The van der Waals surface area contributed by atoms with Crippen molar-refractivity contribution < 1.29 is 14.3 Å². The second-order valence-electron chi connectivity index (χ2n) is 8.05. The molecule has 1 aromatic rings. The second kappa shape index (κ2) is 8.10. The van der Waals surface area contributed by atoms with Crippen LogP contribution in [0, 0.1) is 5.41 Å². The minimum atomic E-state index is -0.310. The summed E-state index contributed by atoms with van der Waals surface area (Å²) in [6.45, 7) is 8.03. The van der Waals surface area contributed by atoms with E-state index in [1.807, 2.05) is 12.4 Å². The number of anilines is 1. The van der Waals surface area contributed by atoms with Crippen molar-refractivity contribution in [3.63, 3.8) is 0 Å². The van der Waals surface area contributed by atoms with E-state index in [0.29, 0.717) is 0 Å². The summed E-state index contributed by atoms with van der Waals surface area (Å²) in [6, 6.07) is 0. The first-order chi connectivity index (χ1) is 13.2.